The number of fused-ring (bicyclic) bond motifs is 3. The molecule has 0 radical (unpaired) electrons. The molecule has 4 saturated carbocycles. The van der Waals surface area contributed by atoms with E-state index in [-0.39, 0.29) is 5.41 Å². The third-order valence-corrected chi connectivity index (χ3v) is 13.3. The molecule has 252 valence electrons. The summed E-state index contributed by atoms with van der Waals surface area (Å²) in [5.41, 5.74) is 17.0. The molecule has 0 spiro atoms. The fourth-order valence-electron chi connectivity index (χ4n) is 11.1. The van der Waals surface area contributed by atoms with E-state index in [1.54, 1.807) is 5.56 Å². The van der Waals surface area contributed by atoms with Gasteiger partial charge in [0.15, 0.2) is 0 Å². The Kier molecular flexibility index (Phi) is 7.18. The first-order valence-electron chi connectivity index (χ1n) is 19.3. The topological polar surface area (TPSA) is 3.24 Å². The largest absolute Gasteiger partial charge is 0.310 e. The zero-order valence-electron chi connectivity index (χ0n) is 30.1. The molecule has 5 aliphatic rings. The third-order valence-electron chi connectivity index (χ3n) is 13.3. The zero-order valence-corrected chi connectivity index (χ0v) is 30.1. The van der Waals surface area contributed by atoms with Crippen molar-refractivity contribution in [1.82, 2.24) is 0 Å². The van der Waals surface area contributed by atoms with Gasteiger partial charge in [-0.05, 0) is 155 Å². The minimum Gasteiger partial charge on any atom is -0.310 e. The molecule has 4 fully saturated rings. The highest BCUT2D eigenvalue weighted by Crippen LogP contribution is 2.60. The standard InChI is InChI=1S/C50H47N/c1-32-13-23-45-46-24-22-42(31-48(46)50(2,3)47(45)25-32)51(41-20-16-37(17-21-41)49-38-27-33-26-34(29-38)30-39(49)28-33)40-18-14-36(15-19-40)44-12-8-7-11-43(44)35-9-5-4-6-10-35/h4-25,31,33-34,38-39,49H,26-30H2,1-3H3. The van der Waals surface area contributed by atoms with Crippen molar-refractivity contribution in [3.05, 3.63) is 162 Å². The summed E-state index contributed by atoms with van der Waals surface area (Å²) in [5, 5.41) is 0. The lowest BCUT2D eigenvalue weighted by atomic mass is 9.51. The highest BCUT2D eigenvalue weighted by Gasteiger charge is 2.48. The number of nitrogens with zero attached hydrogens (tertiary/aromatic N) is 1. The fourth-order valence-corrected chi connectivity index (χ4v) is 11.1. The quantitative estimate of drug-likeness (QED) is 0.172. The van der Waals surface area contributed by atoms with Gasteiger partial charge in [-0.25, -0.2) is 0 Å². The lowest BCUT2D eigenvalue weighted by Gasteiger charge is -2.54. The summed E-state index contributed by atoms with van der Waals surface area (Å²) >= 11 is 0. The minimum atomic E-state index is -0.0628. The summed E-state index contributed by atoms with van der Waals surface area (Å²) in [4.78, 5) is 2.48. The Labute approximate surface area is 304 Å². The minimum absolute atomic E-state index is 0.0628. The summed E-state index contributed by atoms with van der Waals surface area (Å²) in [6.45, 7) is 7.00. The van der Waals surface area contributed by atoms with E-state index in [9.17, 15) is 0 Å². The molecule has 0 aromatic heterocycles. The molecule has 1 nitrogen and oxygen atoms in total. The van der Waals surface area contributed by atoms with E-state index < -0.39 is 0 Å². The lowest BCUT2D eigenvalue weighted by molar-refractivity contribution is -0.00277. The summed E-state index contributed by atoms with van der Waals surface area (Å²) < 4.78 is 0. The summed E-state index contributed by atoms with van der Waals surface area (Å²) in [5.74, 6) is 4.52. The van der Waals surface area contributed by atoms with Crippen molar-refractivity contribution in [2.75, 3.05) is 4.90 Å². The van der Waals surface area contributed by atoms with Crippen molar-refractivity contribution in [3.63, 3.8) is 0 Å². The average Bonchev–Trinajstić information content (AvgIpc) is 3.37. The second-order valence-electron chi connectivity index (χ2n) is 16.7. The van der Waals surface area contributed by atoms with Gasteiger partial charge in [0.25, 0.3) is 0 Å². The molecule has 0 N–H and O–H groups in total. The van der Waals surface area contributed by atoms with E-state index in [2.05, 4.69) is 165 Å². The Morgan fingerprint density at radius 2 is 0.980 bits per heavy atom. The van der Waals surface area contributed by atoms with E-state index in [1.807, 2.05) is 0 Å². The molecule has 6 aromatic rings. The van der Waals surface area contributed by atoms with Crippen LogP contribution in [0.2, 0.25) is 0 Å². The number of anilines is 3. The van der Waals surface area contributed by atoms with Gasteiger partial charge in [-0.3, -0.25) is 0 Å². The number of hydrogen-bond acceptors (Lipinski definition) is 1. The monoisotopic (exact) mass is 661 g/mol. The molecule has 6 aromatic carbocycles. The van der Waals surface area contributed by atoms with Crippen LogP contribution in [-0.4, -0.2) is 0 Å². The predicted molar refractivity (Wildman–Crippen MR) is 214 cm³/mol. The Morgan fingerprint density at radius 3 is 1.61 bits per heavy atom. The summed E-state index contributed by atoms with van der Waals surface area (Å²) in [6.07, 6.45) is 7.33. The van der Waals surface area contributed by atoms with Gasteiger partial charge in [-0.2, -0.15) is 0 Å². The lowest BCUT2D eigenvalue weighted by Crippen LogP contribution is -2.43. The predicted octanol–water partition coefficient (Wildman–Crippen LogP) is 13.6. The van der Waals surface area contributed by atoms with Crippen LogP contribution in [0.15, 0.2) is 140 Å². The maximum absolute atomic E-state index is 2.48. The molecular formula is C50H47N. The van der Waals surface area contributed by atoms with Gasteiger partial charge in [0.1, 0.15) is 0 Å². The van der Waals surface area contributed by atoms with Crippen molar-refractivity contribution in [3.8, 4) is 33.4 Å². The maximum Gasteiger partial charge on any atom is 0.0465 e. The molecule has 4 bridgehead atoms. The van der Waals surface area contributed by atoms with Crippen LogP contribution in [0.5, 0.6) is 0 Å². The van der Waals surface area contributed by atoms with Crippen LogP contribution in [0.25, 0.3) is 33.4 Å². The van der Waals surface area contributed by atoms with Crippen LogP contribution in [0.4, 0.5) is 17.1 Å². The Hall–Kier alpha value is -4.88. The maximum atomic E-state index is 2.48. The number of aryl methyl sites for hydroxylation is 1. The molecule has 1 heteroatoms. The van der Waals surface area contributed by atoms with Crippen molar-refractivity contribution < 1.29 is 0 Å². The number of rotatable bonds is 6. The molecule has 0 unspecified atom stereocenters. The van der Waals surface area contributed by atoms with Crippen LogP contribution in [0.3, 0.4) is 0 Å². The average molecular weight is 662 g/mol. The normalized spacial score (nSPS) is 23.5. The van der Waals surface area contributed by atoms with Crippen molar-refractivity contribution >= 4 is 17.1 Å². The first-order chi connectivity index (χ1) is 24.9. The number of benzene rings is 6. The first kappa shape index (κ1) is 30.9. The van der Waals surface area contributed by atoms with Crippen LogP contribution in [0.1, 0.15) is 74.1 Å². The summed E-state index contributed by atoms with van der Waals surface area (Å²) in [6, 6.07) is 52.7. The second kappa shape index (κ2) is 11.8. The van der Waals surface area contributed by atoms with Gasteiger partial charge in [0, 0.05) is 22.5 Å². The van der Waals surface area contributed by atoms with E-state index >= 15 is 0 Å². The second-order valence-corrected chi connectivity index (χ2v) is 16.7. The van der Waals surface area contributed by atoms with Crippen molar-refractivity contribution in [2.24, 2.45) is 23.7 Å². The van der Waals surface area contributed by atoms with Crippen molar-refractivity contribution in [1.29, 1.82) is 0 Å². The van der Waals surface area contributed by atoms with Crippen LogP contribution in [-0.2, 0) is 5.41 Å². The molecule has 0 aliphatic heterocycles. The van der Waals surface area contributed by atoms with Gasteiger partial charge in [-0.15, -0.1) is 0 Å². The Balaban J connectivity index is 1.05. The molecule has 5 aliphatic carbocycles. The third kappa shape index (κ3) is 5.11. The van der Waals surface area contributed by atoms with Gasteiger partial charge >= 0.3 is 0 Å². The molecule has 51 heavy (non-hydrogen) atoms. The Morgan fingerprint density at radius 1 is 0.471 bits per heavy atom. The van der Waals surface area contributed by atoms with Gasteiger partial charge in [0.2, 0.25) is 0 Å². The molecule has 0 heterocycles. The highest BCUT2D eigenvalue weighted by molar-refractivity contribution is 5.87. The highest BCUT2D eigenvalue weighted by atomic mass is 15.1. The molecule has 0 saturated heterocycles. The SMILES string of the molecule is Cc1ccc2c(c1)C(C)(C)c1cc(N(c3ccc(-c4ccccc4-c4ccccc4)cc3)c3ccc(C4C5CC6CC(C5)CC4C6)cc3)ccc1-2. The van der Waals surface area contributed by atoms with E-state index in [0.29, 0.717) is 0 Å². The zero-order chi connectivity index (χ0) is 34.3. The van der Waals surface area contributed by atoms with Crippen LogP contribution in [0, 0.1) is 30.6 Å². The smallest absolute Gasteiger partial charge is 0.0465 e. The van der Waals surface area contributed by atoms with E-state index in [4.69, 9.17) is 0 Å². The molecular weight excluding hydrogens is 615 g/mol. The molecule has 0 atom stereocenters. The van der Waals surface area contributed by atoms with Crippen LogP contribution >= 0.6 is 0 Å². The van der Waals surface area contributed by atoms with Gasteiger partial charge < -0.3 is 4.90 Å². The Bertz CT molecular complexity index is 2210. The summed E-state index contributed by atoms with van der Waals surface area (Å²) in [7, 11) is 0. The van der Waals surface area contributed by atoms with E-state index in [1.165, 1.54) is 99.2 Å². The van der Waals surface area contributed by atoms with Crippen LogP contribution < -0.4 is 4.90 Å². The van der Waals surface area contributed by atoms with Crippen molar-refractivity contribution in [2.45, 2.75) is 64.2 Å². The van der Waals surface area contributed by atoms with Gasteiger partial charge in [-0.1, -0.05) is 123 Å². The van der Waals surface area contributed by atoms with E-state index in [0.717, 1.165) is 29.6 Å². The van der Waals surface area contributed by atoms with Gasteiger partial charge in [0.05, 0.1) is 0 Å². The first-order valence-corrected chi connectivity index (χ1v) is 19.3. The fraction of sp³-hybridized carbons (Fsp3) is 0.280. The molecule has 11 rings (SSSR count). The number of hydrogen-bond donors (Lipinski definition) is 0. The molecule has 0 amide bonds.